The van der Waals surface area contributed by atoms with Gasteiger partial charge < -0.3 is 15.4 Å². The second-order valence-electron chi connectivity index (χ2n) is 4.19. The van der Waals surface area contributed by atoms with Crippen molar-refractivity contribution < 1.29 is 4.74 Å². The van der Waals surface area contributed by atoms with E-state index in [4.69, 9.17) is 16.3 Å². The molecule has 2 rings (SSSR count). The largest absolute Gasteiger partial charge is 0.496 e. The summed E-state index contributed by atoms with van der Waals surface area (Å²) in [5.74, 6) is 2.02. The zero-order valence-corrected chi connectivity index (χ0v) is 14.1. The van der Waals surface area contributed by atoms with Crippen molar-refractivity contribution in [3.63, 3.8) is 0 Å². The zero-order valence-electron chi connectivity index (χ0n) is 11.8. The van der Waals surface area contributed by atoms with Gasteiger partial charge in [0, 0.05) is 29.9 Å². The summed E-state index contributed by atoms with van der Waals surface area (Å²) in [5.41, 5.74) is 0.886. The molecule has 2 N–H and O–H groups in total. The fourth-order valence-corrected chi connectivity index (χ4v) is 2.37. The summed E-state index contributed by atoms with van der Waals surface area (Å²) in [5, 5.41) is 6.97. The number of hydrogen-bond acceptors (Lipinski definition) is 5. The number of benzene rings is 1. The Morgan fingerprint density at radius 3 is 2.86 bits per heavy atom. The summed E-state index contributed by atoms with van der Waals surface area (Å²) in [6, 6.07) is 5.57. The highest BCUT2D eigenvalue weighted by atomic mass is 79.9. The highest BCUT2D eigenvalue weighted by Gasteiger charge is 2.10. The molecular formula is C14H16BrClN4O. The Kier molecular flexibility index (Phi) is 5.64. The van der Waals surface area contributed by atoms with Crippen LogP contribution >= 0.6 is 27.5 Å². The number of rotatable bonds is 6. The quantitative estimate of drug-likeness (QED) is 0.805. The van der Waals surface area contributed by atoms with Crippen molar-refractivity contribution in [2.24, 2.45) is 0 Å². The smallest absolute Gasteiger partial charge is 0.224 e. The van der Waals surface area contributed by atoms with Gasteiger partial charge in [-0.05, 0) is 35.0 Å². The molecule has 0 radical (unpaired) electrons. The average molecular weight is 372 g/mol. The van der Waals surface area contributed by atoms with Crippen LogP contribution in [0.4, 0.5) is 11.8 Å². The molecule has 0 unspecified atom stereocenters. The van der Waals surface area contributed by atoms with Crippen LogP contribution < -0.4 is 15.4 Å². The first kappa shape index (κ1) is 15.9. The Hall–Kier alpha value is -1.53. The molecule has 21 heavy (non-hydrogen) atoms. The number of ether oxygens (including phenoxy) is 1. The molecule has 1 aromatic heterocycles. The van der Waals surface area contributed by atoms with Gasteiger partial charge in [-0.2, -0.15) is 4.98 Å². The number of aromatic nitrogens is 2. The molecule has 7 heteroatoms. The van der Waals surface area contributed by atoms with Crippen LogP contribution in [0, 0.1) is 0 Å². The molecule has 2 aromatic rings. The van der Waals surface area contributed by atoms with Crippen LogP contribution in [0.5, 0.6) is 5.75 Å². The minimum absolute atomic E-state index is 0.504. The molecule has 0 amide bonds. The molecule has 0 saturated heterocycles. The number of nitrogens with one attached hydrogen (secondary N) is 2. The third kappa shape index (κ3) is 3.98. The van der Waals surface area contributed by atoms with Crippen LogP contribution in [0.2, 0.25) is 5.02 Å². The first-order valence-corrected chi connectivity index (χ1v) is 7.64. The molecule has 0 atom stereocenters. The lowest BCUT2D eigenvalue weighted by molar-refractivity contribution is 0.410. The normalized spacial score (nSPS) is 10.3. The minimum atomic E-state index is 0.504. The molecule has 0 spiro atoms. The molecule has 0 aliphatic rings. The fourth-order valence-electron chi connectivity index (χ4n) is 1.81. The van der Waals surface area contributed by atoms with Gasteiger partial charge in [0.1, 0.15) is 11.6 Å². The van der Waals surface area contributed by atoms with Crippen LogP contribution in [-0.4, -0.2) is 23.6 Å². The van der Waals surface area contributed by atoms with E-state index in [0.29, 0.717) is 23.3 Å². The molecular weight excluding hydrogens is 356 g/mol. The van der Waals surface area contributed by atoms with Gasteiger partial charge in [-0.1, -0.05) is 17.7 Å². The molecule has 0 bridgehead atoms. The maximum absolute atomic E-state index is 6.22. The lowest BCUT2D eigenvalue weighted by Crippen LogP contribution is -2.08. The first-order valence-electron chi connectivity index (χ1n) is 6.47. The van der Waals surface area contributed by atoms with Crippen molar-refractivity contribution in [1.82, 2.24) is 9.97 Å². The van der Waals surface area contributed by atoms with Gasteiger partial charge in [0.05, 0.1) is 11.6 Å². The maximum Gasteiger partial charge on any atom is 0.224 e. The van der Waals surface area contributed by atoms with Gasteiger partial charge in [0.15, 0.2) is 0 Å². The van der Waals surface area contributed by atoms with Gasteiger partial charge in [-0.15, -0.1) is 0 Å². The van der Waals surface area contributed by atoms with E-state index < -0.39 is 0 Å². The molecule has 0 aliphatic carbocycles. The van der Waals surface area contributed by atoms with E-state index in [-0.39, 0.29) is 0 Å². The van der Waals surface area contributed by atoms with Crippen LogP contribution in [0.15, 0.2) is 28.9 Å². The standard InChI is InChI=1S/C14H16BrClN4O/c1-3-17-14-19-8-10(15)13(20-14)18-7-9-11(16)5-4-6-12(9)21-2/h4-6,8H,3,7H2,1-2H3,(H2,17,18,19,20). The first-order chi connectivity index (χ1) is 10.2. The third-order valence-electron chi connectivity index (χ3n) is 2.81. The summed E-state index contributed by atoms with van der Waals surface area (Å²) in [7, 11) is 1.62. The highest BCUT2D eigenvalue weighted by Crippen LogP contribution is 2.28. The molecule has 1 heterocycles. The second-order valence-corrected chi connectivity index (χ2v) is 5.46. The summed E-state index contributed by atoms with van der Waals surface area (Å²) < 4.78 is 6.11. The minimum Gasteiger partial charge on any atom is -0.496 e. The average Bonchev–Trinajstić information content (AvgIpc) is 2.48. The molecule has 5 nitrogen and oxygen atoms in total. The SMILES string of the molecule is CCNc1ncc(Br)c(NCc2c(Cl)cccc2OC)n1. The molecule has 112 valence electrons. The molecule has 0 fully saturated rings. The van der Waals surface area contributed by atoms with E-state index in [9.17, 15) is 0 Å². The van der Waals surface area contributed by atoms with E-state index in [1.165, 1.54) is 0 Å². The number of anilines is 2. The number of methoxy groups -OCH3 is 1. The van der Waals surface area contributed by atoms with Gasteiger partial charge in [-0.3, -0.25) is 0 Å². The second kappa shape index (κ2) is 7.47. The number of nitrogens with zero attached hydrogens (tertiary/aromatic N) is 2. The van der Waals surface area contributed by atoms with Crippen LogP contribution in [0.25, 0.3) is 0 Å². The predicted octanol–water partition coefficient (Wildman–Crippen LogP) is 3.95. The van der Waals surface area contributed by atoms with Crippen LogP contribution in [0.1, 0.15) is 12.5 Å². The van der Waals surface area contributed by atoms with E-state index in [1.54, 1.807) is 13.3 Å². The van der Waals surface area contributed by atoms with E-state index in [1.807, 2.05) is 25.1 Å². The van der Waals surface area contributed by atoms with E-state index in [0.717, 1.165) is 22.3 Å². The monoisotopic (exact) mass is 370 g/mol. The van der Waals surface area contributed by atoms with Crippen LogP contribution in [0.3, 0.4) is 0 Å². The van der Waals surface area contributed by atoms with Crippen LogP contribution in [-0.2, 0) is 6.54 Å². The topological polar surface area (TPSA) is 59.1 Å². The van der Waals surface area contributed by atoms with Crippen molar-refractivity contribution >= 4 is 39.3 Å². The summed E-state index contributed by atoms with van der Waals surface area (Å²) in [6.07, 6.45) is 1.71. The highest BCUT2D eigenvalue weighted by molar-refractivity contribution is 9.10. The summed E-state index contributed by atoms with van der Waals surface area (Å²) in [6.45, 7) is 3.26. The Morgan fingerprint density at radius 1 is 1.33 bits per heavy atom. The fraction of sp³-hybridized carbons (Fsp3) is 0.286. The van der Waals surface area contributed by atoms with Crippen molar-refractivity contribution in [2.75, 3.05) is 24.3 Å². The maximum atomic E-state index is 6.22. The molecule has 0 aliphatic heterocycles. The van der Waals surface area contributed by atoms with Crippen molar-refractivity contribution in [3.05, 3.63) is 39.5 Å². The Labute approximate surface area is 137 Å². The van der Waals surface area contributed by atoms with Gasteiger partial charge in [0.25, 0.3) is 0 Å². The van der Waals surface area contributed by atoms with Gasteiger partial charge in [0.2, 0.25) is 5.95 Å². The van der Waals surface area contributed by atoms with E-state index in [2.05, 4.69) is 36.5 Å². The molecule has 1 aromatic carbocycles. The zero-order chi connectivity index (χ0) is 15.2. The summed E-state index contributed by atoms with van der Waals surface area (Å²) in [4.78, 5) is 8.57. The number of hydrogen-bond donors (Lipinski definition) is 2. The lowest BCUT2D eigenvalue weighted by Gasteiger charge is -2.13. The van der Waals surface area contributed by atoms with E-state index >= 15 is 0 Å². The molecule has 0 saturated carbocycles. The predicted molar refractivity (Wildman–Crippen MR) is 89.2 cm³/mol. The van der Waals surface area contributed by atoms with Crippen molar-refractivity contribution in [2.45, 2.75) is 13.5 Å². The Balaban J connectivity index is 2.18. The van der Waals surface area contributed by atoms with Crippen molar-refractivity contribution in [3.8, 4) is 5.75 Å². The lowest BCUT2D eigenvalue weighted by atomic mass is 10.2. The Bertz CT molecular complexity index is 624. The Morgan fingerprint density at radius 2 is 2.14 bits per heavy atom. The number of halogens is 2. The van der Waals surface area contributed by atoms with Crippen molar-refractivity contribution in [1.29, 1.82) is 0 Å². The third-order valence-corrected chi connectivity index (χ3v) is 3.74. The van der Waals surface area contributed by atoms with Gasteiger partial charge in [-0.25, -0.2) is 4.98 Å². The van der Waals surface area contributed by atoms with Gasteiger partial charge >= 0.3 is 0 Å². The summed E-state index contributed by atoms with van der Waals surface area (Å²) >= 11 is 9.65.